The van der Waals surface area contributed by atoms with E-state index in [4.69, 9.17) is 16.3 Å². The molecule has 18 heavy (non-hydrogen) atoms. The lowest BCUT2D eigenvalue weighted by molar-refractivity contribution is 0.325. The van der Waals surface area contributed by atoms with Crippen LogP contribution in [0.2, 0.25) is 0 Å². The zero-order chi connectivity index (χ0) is 12.8. The Balaban J connectivity index is 2.15. The molecule has 0 fully saturated rings. The number of hydrogen-bond donors (Lipinski definition) is 0. The van der Waals surface area contributed by atoms with Gasteiger partial charge in [0.1, 0.15) is 5.75 Å². The summed E-state index contributed by atoms with van der Waals surface area (Å²) in [4.78, 5) is 4.08. The molecule has 2 rings (SSSR count). The zero-order valence-corrected chi connectivity index (χ0v) is 12.7. The molecular weight excluding hydrogens is 361 g/mol. The van der Waals surface area contributed by atoms with Crippen LogP contribution in [0.1, 0.15) is 12.0 Å². The summed E-state index contributed by atoms with van der Waals surface area (Å²) >= 11 is 5.64. The number of rotatable bonds is 5. The van der Waals surface area contributed by atoms with Crippen LogP contribution in [0.5, 0.6) is 5.75 Å². The van der Waals surface area contributed by atoms with Crippen molar-refractivity contribution in [3.63, 3.8) is 0 Å². The van der Waals surface area contributed by atoms with E-state index in [0.29, 0.717) is 6.61 Å². The van der Waals surface area contributed by atoms with Gasteiger partial charge in [-0.15, -0.1) is 6.58 Å². The Labute approximate surface area is 122 Å². The monoisotopic (exact) mass is 373 g/mol. The second kappa shape index (κ2) is 6.85. The predicted octanol–water partition coefficient (Wildman–Crippen LogP) is 4.36. The fourth-order valence-electron chi connectivity index (χ4n) is 1.44. The Bertz CT molecular complexity index is 534. The van der Waals surface area contributed by atoms with E-state index < -0.39 is 0 Å². The molecule has 2 nitrogen and oxygen atoms in total. The van der Waals surface area contributed by atoms with Gasteiger partial charge in [-0.05, 0) is 50.9 Å². The van der Waals surface area contributed by atoms with Gasteiger partial charge in [0.25, 0.3) is 0 Å². The number of nitrogens with zero attached hydrogens (tertiary/aromatic N) is 1. The number of halogens is 2. The third-order valence-electron chi connectivity index (χ3n) is 2.27. The quantitative estimate of drug-likeness (QED) is 0.325. The molecule has 4 heteroatoms. The van der Waals surface area contributed by atoms with Crippen LogP contribution in [0.15, 0.2) is 48.0 Å². The van der Waals surface area contributed by atoms with E-state index in [1.807, 2.05) is 24.3 Å². The van der Waals surface area contributed by atoms with Crippen molar-refractivity contribution in [2.24, 2.45) is 4.99 Å². The topological polar surface area (TPSA) is 21.6 Å². The highest BCUT2D eigenvalue weighted by Crippen LogP contribution is 2.32. The molecule has 0 saturated carbocycles. The summed E-state index contributed by atoms with van der Waals surface area (Å²) in [6, 6.07) is 8.10. The summed E-state index contributed by atoms with van der Waals surface area (Å²) in [5, 5.41) is 0. The molecule has 0 saturated heterocycles. The SMILES string of the molecule is C=CCCOc1cccc(C2=CC=NC(Cl)=I2)c1. The molecule has 0 aromatic heterocycles. The Morgan fingerprint density at radius 1 is 1.44 bits per heavy atom. The number of benzene rings is 1. The maximum absolute atomic E-state index is 5.99. The van der Waals surface area contributed by atoms with E-state index in [1.165, 1.54) is 9.14 Å². The Morgan fingerprint density at radius 3 is 3.11 bits per heavy atom. The number of aliphatic imine (C=N–C) groups is 1. The van der Waals surface area contributed by atoms with Crippen LogP contribution in [-0.2, 0) is 0 Å². The summed E-state index contributed by atoms with van der Waals surface area (Å²) in [6.45, 7) is 4.34. The lowest BCUT2D eigenvalue weighted by Gasteiger charge is -2.08. The summed E-state index contributed by atoms with van der Waals surface area (Å²) in [6.07, 6.45) is 6.49. The summed E-state index contributed by atoms with van der Waals surface area (Å²) in [5.74, 6) is 0.887. The first kappa shape index (κ1) is 13.5. The first-order valence-corrected chi connectivity index (χ1v) is 8.09. The molecule has 1 aliphatic heterocycles. The van der Waals surface area contributed by atoms with E-state index in [9.17, 15) is 0 Å². The molecule has 1 heterocycles. The van der Waals surface area contributed by atoms with Gasteiger partial charge in [0, 0.05) is 9.79 Å². The molecule has 0 amide bonds. The van der Waals surface area contributed by atoms with Crippen molar-refractivity contribution >= 4 is 45.2 Å². The normalized spacial score (nSPS) is 14.3. The number of hydrogen-bond acceptors (Lipinski definition) is 2. The van der Waals surface area contributed by atoms with E-state index in [-0.39, 0.29) is 20.7 Å². The lowest BCUT2D eigenvalue weighted by atomic mass is 10.2. The first-order chi connectivity index (χ1) is 8.79. The molecule has 1 aliphatic rings. The van der Waals surface area contributed by atoms with Crippen molar-refractivity contribution in [2.45, 2.75) is 6.42 Å². The highest BCUT2D eigenvalue weighted by atomic mass is 127. The van der Waals surface area contributed by atoms with Crippen molar-refractivity contribution in [1.82, 2.24) is 0 Å². The second-order valence-corrected chi connectivity index (χ2v) is 7.30. The molecule has 0 N–H and O–H groups in total. The van der Waals surface area contributed by atoms with Gasteiger partial charge in [-0.1, -0.05) is 29.8 Å². The Hall–Kier alpha value is -0.940. The van der Waals surface area contributed by atoms with Gasteiger partial charge in [0.05, 0.1) is 6.61 Å². The Kier molecular flexibility index (Phi) is 5.13. The molecule has 0 unspecified atom stereocenters. The molecule has 0 bridgehead atoms. The molecule has 0 atom stereocenters. The van der Waals surface area contributed by atoms with Crippen LogP contribution in [0.3, 0.4) is 0 Å². The molecular formula is C14H13ClINO. The average Bonchev–Trinajstić information content (AvgIpc) is 2.39. The van der Waals surface area contributed by atoms with Crippen LogP contribution < -0.4 is 4.74 Å². The minimum atomic E-state index is -0.349. The predicted molar refractivity (Wildman–Crippen MR) is 88.1 cm³/mol. The minimum absolute atomic E-state index is 0.349. The van der Waals surface area contributed by atoms with Gasteiger partial charge < -0.3 is 4.74 Å². The van der Waals surface area contributed by atoms with E-state index >= 15 is 0 Å². The van der Waals surface area contributed by atoms with E-state index in [0.717, 1.165) is 15.3 Å². The molecule has 0 spiro atoms. The maximum atomic E-state index is 5.99. The van der Waals surface area contributed by atoms with Gasteiger partial charge in [0.2, 0.25) is 0 Å². The van der Waals surface area contributed by atoms with Crippen LogP contribution in [0.25, 0.3) is 3.58 Å². The van der Waals surface area contributed by atoms with Crippen molar-refractivity contribution in [3.05, 3.63) is 48.6 Å². The van der Waals surface area contributed by atoms with Gasteiger partial charge in [0.15, 0.2) is 3.09 Å². The van der Waals surface area contributed by atoms with Gasteiger partial charge in [-0.2, -0.15) is 0 Å². The first-order valence-electron chi connectivity index (χ1n) is 5.55. The van der Waals surface area contributed by atoms with E-state index in [1.54, 1.807) is 6.21 Å². The van der Waals surface area contributed by atoms with Crippen molar-refractivity contribution in [1.29, 1.82) is 0 Å². The van der Waals surface area contributed by atoms with Crippen LogP contribution in [0, 0.1) is 0 Å². The smallest absolute Gasteiger partial charge is 0.161 e. The van der Waals surface area contributed by atoms with Crippen molar-refractivity contribution in [2.75, 3.05) is 6.61 Å². The lowest BCUT2D eigenvalue weighted by Crippen LogP contribution is -1.96. The number of ether oxygens (including phenoxy) is 1. The van der Waals surface area contributed by atoms with E-state index in [2.05, 4.69) is 23.7 Å². The van der Waals surface area contributed by atoms with Gasteiger partial charge >= 0.3 is 0 Å². The molecule has 1 aromatic rings. The van der Waals surface area contributed by atoms with Crippen LogP contribution in [-0.4, -0.2) is 15.9 Å². The van der Waals surface area contributed by atoms with Crippen LogP contribution >= 0.6 is 32.3 Å². The van der Waals surface area contributed by atoms with Crippen LogP contribution in [0.4, 0.5) is 0 Å². The zero-order valence-electron chi connectivity index (χ0n) is 9.77. The fraction of sp³-hybridized carbons (Fsp3) is 0.143. The van der Waals surface area contributed by atoms with Gasteiger partial charge in [-0.3, -0.25) is 0 Å². The highest BCUT2D eigenvalue weighted by molar-refractivity contribution is 14.2. The largest absolute Gasteiger partial charge is 0.493 e. The summed E-state index contributed by atoms with van der Waals surface area (Å²) < 4.78 is 7.64. The standard InChI is InChI=1S/C14H13ClINO/c1-2-3-9-18-12-6-4-5-11(10-12)13-7-8-17-14(15)16-13/h2,4-8,10H,1,3,9H2. The molecule has 94 valence electrons. The molecule has 0 aliphatic carbocycles. The maximum Gasteiger partial charge on any atom is 0.161 e. The summed E-state index contributed by atoms with van der Waals surface area (Å²) in [7, 11) is 0. The second-order valence-electron chi connectivity index (χ2n) is 3.58. The summed E-state index contributed by atoms with van der Waals surface area (Å²) in [5.41, 5.74) is 1.17. The molecule has 1 aromatic carbocycles. The fourth-order valence-corrected chi connectivity index (χ4v) is 3.78. The minimum Gasteiger partial charge on any atom is -0.493 e. The molecule has 0 radical (unpaired) electrons. The number of allylic oxidation sites excluding steroid dienone is 1. The van der Waals surface area contributed by atoms with Gasteiger partial charge in [-0.25, -0.2) is 4.99 Å². The van der Waals surface area contributed by atoms with Crippen molar-refractivity contribution < 1.29 is 4.74 Å². The Morgan fingerprint density at radius 2 is 2.33 bits per heavy atom. The van der Waals surface area contributed by atoms with Crippen molar-refractivity contribution in [3.8, 4) is 5.75 Å². The third-order valence-corrected chi connectivity index (χ3v) is 5.14. The average molecular weight is 374 g/mol. The third kappa shape index (κ3) is 3.78. The highest BCUT2D eigenvalue weighted by Gasteiger charge is 2.05.